The molecule has 1 aliphatic heterocycles. The summed E-state index contributed by atoms with van der Waals surface area (Å²) in [7, 11) is 0. The van der Waals surface area contributed by atoms with Crippen LogP contribution in [0.15, 0.2) is 41.3 Å². The predicted molar refractivity (Wildman–Crippen MR) is 122 cm³/mol. The fourth-order valence-electron chi connectivity index (χ4n) is 3.62. The molecular weight excluding hydrogens is 415 g/mol. The van der Waals surface area contributed by atoms with E-state index in [1.165, 1.54) is 12.1 Å². The van der Waals surface area contributed by atoms with Crippen LogP contribution in [0.2, 0.25) is 0 Å². The molecule has 1 N–H and O–H groups in total. The van der Waals surface area contributed by atoms with E-state index in [1.807, 2.05) is 45.0 Å². The van der Waals surface area contributed by atoms with E-state index in [4.69, 9.17) is 4.98 Å². The van der Waals surface area contributed by atoms with Crippen molar-refractivity contribution in [2.45, 2.75) is 51.4 Å². The predicted octanol–water partition coefficient (Wildman–Crippen LogP) is 3.99. The molecule has 0 bridgehead atoms. The van der Waals surface area contributed by atoms with Gasteiger partial charge in [-0.05, 0) is 70.0 Å². The Bertz CT molecular complexity index is 1220. The lowest BCUT2D eigenvalue weighted by Gasteiger charge is -2.27. The third-order valence-corrected chi connectivity index (χ3v) is 6.94. The van der Waals surface area contributed by atoms with E-state index in [0.29, 0.717) is 29.9 Å². The lowest BCUT2D eigenvalue weighted by molar-refractivity contribution is 0.530. The summed E-state index contributed by atoms with van der Waals surface area (Å²) in [5.74, 6) is 0.0551. The fraction of sp³-hybridized carbons (Fsp3) is 0.348. The van der Waals surface area contributed by atoms with E-state index in [9.17, 15) is 13.7 Å². The van der Waals surface area contributed by atoms with Gasteiger partial charge in [-0.25, -0.2) is 9.37 Å². The van der Waals surface area contributed by atoms with Crippen LogP contribution in [-0.4, -0.2) is 23.8 Å². The highest BCUT2D eigenvalue weighted by Gasteiger charge is 2.30. The van der Waals surface area contributed by atoms with Crippen LogP contribution in [0, 0.1) is 5.82 Å². The molecule has 31 heavy (non-hydrogen) atoms. The highest BCUT2D eigenvalue weighted by Crippen LogP contribution is 2.30. The van der Waals surface area contributed by atoms with Crippen molar-refractivity contribution in [1.29, 1.82) is 0 Å². The van der Waals surface area contributed by atoms with Crippen molar-refractivity contribution in [3.63, 3.8) is 0 Å². The lowest BCUT2D eigenvalue weighted by atomic mass is 10.0. The van der Waals surface area contributed by atoms with Gasteiger partial charge < -0.3 is 4.55 Å². The molecule has 0 saturated heterocycles. The average molecular weight is 441 g/mol. The number of aromatic nitrogens is 3. The number of pyridine rings is 1. The standard InChI is InChI=1S/C23H25FN4O2S/c1-14(27-31(30)23(2,3)4)18-12-16(24)13-19-20(18)26-21-15(8-10-28(21)22(19)29)11-17-7-5-6-9-25-17/h5-7,9,11-14,27H,8,10H2,1-4H3/t14-,31?/m1/s1. The molecule has 0 spiro atoms. The van der Waals surface area contributed by atoms with Crippen LogP contribution in [0.5, 0.6) is 0 Å². The molecule has 3 aromatic rings. The van der Waals surface area contributed by atoms with E-state index in [1.54, 1.807) is 17.7 Å². The van der Waals surface area contributed by atoms with Crippen molar-refractivity contribution in [3.8, 4) is 0 Å². The first-order valence-corrected chi connectivity index (χ1v) is 11.3. The SMILES string of the molecule is C[C@@H](N[S+]([O-])C(C)(C)C)c1cc(F)cc2c(=O)n3c(nc12)C(=Cc1ccccn1)CC3. The third kappa shape index (κ3) is 4.28. The highest BCUT2D eigenvalue weighted by atomic mass is 32.2. The second kappa shape index (κ2) is 8.18. The molecular formula is C23H25FN4O2S. The Balaban J connectivity index is 1.85. The molecule has 0 saturated carbocycles. The van der Waals surface area contributed by atoms with Crippen molar-refractivity contribution in [3.05, 3.63) is 69.8 Å². The van der Waals surface area contributed by atoms with Gasteiger partial charge in [0.1, 0.15) is 16.4 Å². The topological polar surface area (TPSA) is 82.9 Å². The lowest BCUT2D eigenvalue weighted by Crippen LogP contribution is -2.40. The summed E-state index contributed by atoms with van der Waals surface area (Å²) in [5.41, 5.74) is 2.37. The zero-order chi connectivity index (χ0) is 22.3. The quantitative estimate of drug-likeness (QED) is 0.621. The summed E-state index contributed by atoms with van der Waals surface area (Å²) in [6.45, 7) is 7.87. The van der Waals surface area contributed by atoms with Crippen LogP contribution in [-0.2, 0) is 17.9 Å². The number of nitrogens with one attached hydrogen (secondary N) is 1. The van der Waals surface area contributed by atoms with Gasteiger partial charge >= 0.3 is 0 Å². The van der Waals surface area contributed by atoms with E-state index >= 15 is 0 Å². The Morgan fingerprint density at radius 1 is 1.32 bits per heavy atom. The highest BCUT2D eigenvalue weighted by molar-refractivity contribution is 7.90. The Kier molecular flexibility index (Phi) is 5.72. The maximum atomic E-state index is 14.4. The Morgan fingerprint density at radius 3 is 2.77 bits per heavy atom. The number of hydrogen-bond acceptors (Lipinski definition) is 5. The van der Waals surface area contributed by atoms with Gasteiger partial charge in [-0.15, -0.1) is 4.72 Å². The maximum Gasteiger partial charge on any atom is 0.261 e. The van der Waals surface area contributed by atoms with Crippen LogP contribution < -0.4 is 10.3 Å². The zero-order valence-electron chi connectivity index (χ0n) is 18.0. The number of allylic oxidation sites excluding steroid dienone is 1. The number of benzene rings is 1. The maximum absolute atomic E-state index is 14.4. The average Bonchev–Trinajstić information content (AvgIpc) is 3.11. The molecule has 1 unspecified atom stereocenters. The number of rotatable bonds is 4. The van der Waals surface area contributed by atoms with Gasteiger partial charge in [-0.3, -0.25) is 14.3 Å². The molecule has 0 aliphatic carbocycles. The van der Waals surface area contributed by atoms with Gasteiger partial charge in [-0.2, -0.15) is 0 Å². The van der Waals surface area contributed by atoms with Gasteiger partial charge in [0.2, 0.25) is 0 Å². The molecule has 0 amide bonds. The second-order valence-corrected chi connectivity index (χ2v) is 10.7. The van der Waals surface area contributed by atoms with Gasteiger partial charge in [0, 0.05) is 29.7 Å². The van der Waals surface area contributed by atoms with Crippen LogP contribution >= 0.6 is 0 Å². The van der Waals surface area contributed by atoms with Gasteiger partial charge in [0.25, 0.3) is 5.56 Å². The minimum atomic E-state index is -1.36. The summed E-state index contributed by atoms with van der Waals surface area (Å²) in [5, 5.41) is 0.230. The molecule has 4 rings (SSSR count). The van der Waals surface area contributed by atoms with Crippen LogP contribution in [0.1, 0.15) is 57.2 Å². The number of halogens is 1. The van der Waals surface area contributed by atoms with Crippen molar-refractivity contribution in [2.24, 2.45) is 0 Å². The van der Waals surface area contributed by atoms with Crippen LogP contribution in [0.4, 0.5) is 4.39 Å². The molecule has 2 atom stereocenters. The largest absolute Gasteiger partial charge is 0.598 e. The summed E-state index contributed by atoms with van der Waals surface area (Å²) in [6.07, 6.45) is 4.29. The van der Waals surface area contributed by atoms with E-state index in [2.05, 4.69) is 9.71 Å². The van der Waals surface area contributed by atoms with E-state index in [0.717, 1.165) is 11.3 Å². The smallest absolute Gasteiger partial charge is 0.261 e. The zero-order valence-corrected chi connectivity index (χ0v) is 18.8. The number of nitrogens with zero attached hydrogens (tertiary/aromatic N) is 3. The Hall–Kier alpha value is -2.55. The van der Waals surface area contributed by atoms with Gasteiger partial charge in [0.15, 0.2) is 0 Å². The molecule has 1 aliphatic rings. The summed E-state index contributed by atoms with van der Waals surface area (Å²) in [4.78, 5) is 22.3. The summed E-state index contributed by atoms with van der Waals surface area (Å²) in [6, 6.07) is 7.77. The van der Waals surface area contributed by atoms with Crippen molar-refractivity contribution >= 4 is 33.9 Å². The minimum absolute atomic E-state index is 0.230. The fourth-order valence-corrected chi connectivity index (χ4v) is 4.42. The Labute approximate surface area is 183 Å². The second-order valence-electron chi connectivity index (χ2n) is 8.68. The molecule has 2 aromatic heterocycles. The molecule has 6 nitrogen and oxygen atoms in total. The monoisotopic (exact) mass is 440 g/mol. The van der Waals surface area contributed by atoms with Crippen LogP contribution in [0.25, 0.3) is 22.6 Å². The van der Waals surface area contributed by atoms with Crippen molar-refractivity contribution in [1.82, 2.24) is 19.3 Å². The molecule has 1 aromatic carbocycles. The normalized spacial score (nSPS) is 17.2. The van der Waals surface area contributed by atoms with Gasteiger partial charge in [-0.1, -0.05) is 6.07 Å². The van der Waals surface area contributed by atoms with E-state index < -0.39 is 28.0 Å². The Morgan fingerprint density at radius 2 is 2.10 bits per heavy atom. The summed E-state index contributed by atoms with van der Waals surface area (Å²) >= 11 is -1.36. The molecule has 0 fully saturated rings. The third-order valence-electron chi connectivity index (χ3n) is 5.26. The molecule has 0 radical (unpaired) electrons. The molecule has 8 heteroatoms. The molecule has 162 valence electrons. The van der Waals surface area contributed by atoms with Crippen LogP contribution in [0.3, 0.4) is 0 Å². The first kappa shape index (κ1) is 21.7. The number of fused-ring (bicyclic) bond motifs is 2. The minimum Gasteiger partial charge on any atom is -0.598 e. The first-order chi connectivity index (χ1) is 14.6. The van der Waals surface area contributed by atoms with Gasteiger partial charge in [0.05, 0.1) is 22.6 Å². The van der Waals surface area contributed by atoms with Crippen molar-refractivity contribution in [2.75, 3.05) is 0 Å². The molecule has 3 heterocycles. The van der Waals surface area contributed by atoms with Crippen molar-refractivity contribution < 1.29 is 8.94 Å². The first-order valence-electron chi connectivity index (χ1n) is 10.2. The summed E-state index contributed by atoms with van der Waals surface area (Å²) < 4.78 is 31.1. The number of hydrogen-bond donors (Lipinski definition) is 1. The van der Waals surface area contributed by atoms with E-state index in [-0.39, 0.29) is 10.9 Å².